The molecule has 0 amide bonds. The van der Waals surface area contributed by atoms with Crippen molar-refractivity contribution in [1.29, 1.82) is 5.26 Å². The highest BCUT2D eigenvalue weighted by Gasteiger charge is 2.15. The molecule has 0 aromatic rings. The van der Waals surface area contributed by atoms with Crippen LogP contribution in [-0.2, 0) is 0 Å². The zero-order valence-electron chi connectivity index (χ0n) is 12.2. The van der Waals surface area contributed by atoms with Gasteiger partial charge >= 0.3 is 0 Å². The van der Waals surface area contributed by atoms with Gasteiger partial charge in [-0.25, -0.2) is 0 Å². The van der Waals surface area contributed by atoms with Crippen molar-refractivity contribution in [2.24, 2.45) is 5.41 Å². The van der Waals surface area contributed by atoms with Crippen LogP contribution in [0.5, 0.6) is 0 Å². The number of unbranched alkanes of at least 4 members (excludes halogenated alkanes) is 1. The Balaban J connectivity index is 3.34. The van der Waals surface area contributed by atoms with Gasteiger partial charge in [-0.05, 0) is 54.1 Å². The van der Waals surface area contributed by atoms with Crippen molar-refractivity contribution in [3.05, 3.63) is 0 Å². The number of likely N-dealkylation sites (N-methyl/N-ethyl adjacent to an activating group) is 1. The third kappa shape index (κ3) is 9.14. The quantitative estimate of drug-likeness (QED) is 0.629. The van der Waals surface area contributed by atoms with E-state index in [1.807, 2.05) is 13.8 Å². The van der Waals surface area contributed by atoms with Gasteiger partial charge < -0.3 is 10.2 Å². The Hall–Kier alpha value is -0.590. The highest BCUT2D eigenvalue weighted by atomic mass is 15.1. The minimum absolute atomic E-state index is 0.155. The fourth-order valence-corrected chi connectivity index (χ4v) is 1.51. The second kappa shape index (κ2) is 8.49. The Morgan fingerprint density at radius 1 is 1.24 bits per heavy atom. The molecular formula is C14H29N3. The van der Waals surface area contributed by atoms with E-state index in [0.717, 1.165) is 38.9 Å². The summed E-state index contributed by atoms with van der Waals surface area (Å²) in [6, 6.07) is 2.96. The van der Waals surface area contributed by atoms with E-state index in [1.54, 1.807) is 0 Å². The van der Waals surface area contributed by atoms with E-state index in [9.17, 15) is 0 Å². The van der Waals surface area contributed by atoms with Gasteiger partial charge in [0.05, 0.1) is 11.5 Å². The van der Waals surface area contributed by atoms with Crippen LogP contribution >= 0.6 is 0 Å². The molecule has 3 nitrogen and oxygen atoms in total. The Labute approximate surface area is 107 Å². The van der Waals surface area contributed by atoms with E-state index >= 15 is 0 Å². The second-order valence-corrected chi connectivity index (χ2v) is 5.78. The van der Waals surface area contributed by atoms with Crippen molar-refractivity contribution in [3.63, 3.8) is 0 Å². The molecule has 0 bridgehead atoms. The summed E-state index contributed by atoms with van der Waals surface area (Å²) in [6.07, 6.45) is 3.29. The molecule has 0 rings (SSSR count). The van der Waals surface area contributed by atoms with E-state index in [2.05, 4.69) is 37.2 Å². The first-order valence-corrected chi connectivity index (χ1v) is 6.71. The first kappa shape index (κ1) is 16.4. The van der Waals surface area contributed by atoms with Crippen LogP contribution in [0.25, 0.3) is 0 Å². The lowest BCUT2D eigenvalue weighted by Gasteiger charge is -2.21. The Morgan fingerprint density at radius 2 is 1.88 bits per heavy atom. The van der Waals surface area contributed by atoms with Crippen LogP contribution in [0, 0.1) is 16.7 Å². The van der Waals surface area contributed by atoms with Crippen molar-refractivity contribution >= 4 is 0 Å². The molecule has 0 spiro atoms. The Bertz CT molecular complexity index is 228. The molecule has 0 fully saturated rings. The molecule has 0 aliphatic rings. The maximum absolute atomic E-state index is 8.88. The van der Waals surface area contributed by atoms with Gasteiger partial charge in [-0.3, -0.25) is 0 Å². The lowest BCUT2D eigenvalue weighted by atomic mass is 9.89. The van der Waals surface area contributed by atoms with Gasteiger partial charge in [0.2, 0.25) is 0 Å². The molecule has 0 aromatic heterocycles. The van der Waals surface area contributed by atoms with E-state index in [1.165, 1.54) is 0 Å². The smallest absolute Gasteiger partial charge is 0.0683 e. The van der Waals surface area contributed by atoms with Gasteiger partial charge in [0.25, 0.3) is 0 Å². The van der Waals surface area contributed by atoms with E-state index in [-0.39, 0.29) is 5.41 Å². The molecule has 3 heteroatoms. The SMILES string of the molecule is CC(C)N(C)CCNCCCCC(C)(C)C#N. The average molecular weight is 239 g/mol. The highest BCUT2D eigenvalue weighted by Crippen LogP contribution is 2.21. The standard InChI is InChI=1S/C14H29N3/c1-13(2)17(5)11-10-16-9-7-6-8-14(3,4)12-15/h13,16H,6-11H2,1-5H3. The summed E-state index contributed by atoms with van der Waals surface area (Å²) in [6.45, 7) is 11.7. The molecule has 0 radical (unpaired) electrons. The van der Waals surface area contributed by atoms with Gasteiger partial charge in [0, 0.05) is 19.1 Å². The monoisotopic (exact) mass is 239 g/mol. The van der Waals surface area contributed by atoms with Gasteiger partial charge in [0.1, 0.15) is 0 Å². The van der Waals surface area contributed by atoms with Gasteiger partial charge in [-0.15, -0.1) is 0 Å². The average Bonchev–Trinajstić information content (AvgIpc) is 2.27. The van der Waals surface area contributed by atoms with Crippen LogP contribution in [0.3, 0.4) is 0 Å². The molecule has 100 valence electrons. The summed E-state index contributed by atoms with van der Waals surface area (Å²) in [5.41, 5.74) is -0.155. The first-order chi connectivity index (χ1) is 7.89. The van der Waals surface area contributed by atoms with Crippen LogP contribution in [0.1, 0.15) is 47.0 Å². The van der Waals surface area contributed by atoms with Crippen LogP contribution in [-0.4, -0.2) is 37.6 Å². The number of nitriles is 1. The lowest BCUT2D eigenvalue weighted by Crippen LogP contribution is -2.34. The molecule has 0 aromatic carbocycles. The normalized spacial score (nSPS) is 12.1. The predicted molar refractivity (Wildman–Crippen MR) is 73.9 cm³/mol. The van der Waals surface area contributed by atoms with E-state index < -0.39 is 0 Å². The molecular weight excluding hydrogens is 210 g/mol. The summed E-state index contributed by atoms with van der Waals surface area (Å²) in [5.74, 6) is 0. The van der Waals surface area contributed by atoms with Crippen LogP contribution < -0.4 is 5.32 Å². The molecule has 1 N–H and O–H groups in total. The molecule has 0 saturated carbocycles. The van der Waals surface area contributed by atoms with Crippen molar-refractivity contribution in [3.8, 4) is 6.07 Å². The van der Waals surface area contributed by atoms with Crippen molar-refractivity contribution < 1.29 is 0 Å². The highest BCUT2D eigenvalue weighted by molar-refractivity contribution is 4.91. The number of nitrogens with one attached hydrogen (secondary N) is 1. The third-order valence-corrected chi connectivity index (χ3v) is 3.23. The largest absolute Gasteiger partial charge is 0.315 e. The third-order valence-electron chi connectivity index (χ3n) is 3.23. The number of nitrogens with zero attached hydrogens (tertiary/aromatic N) is 2. The Kier molecular flexibility index (Phi) is 8.20. The molecule has 0 atom stereocenters. The van der Waals surface area contributed by atoms with Crippen molar-refractivity contribution in [2.45, 2.75) is 53.0 Å². The molecule has 0 saturated heterocycles. The molecule has 0 aliphatic carbocycles. The lowest BCUT2D eigenvalue weighted by molar-refractivity contribution is 0.273. The number of hydrogen-bond donors (Lipinski definition) is 1. The van der Waals surface area contributed by atoms with Gasteiger partial charge in [-0.2, -0.15) is 5.26 Å². The summed E-state index contributed by atoms with van der Waals surface area (Å²) < 4.78 is 0. The predicted octanol–water partition coefficient (Wildman–Crippen LogP) is 2.64. The van der Waals surface area contributed by atoms with E-state index in [0.29, 0.717) is 6.04 Å². The minimum atomic E-state index is -0.155. The summed E-state index contributed by atoms with van der Waals surface area (Å²) in [7, 11) is 2.15. The minimum Gasteiger partial charge on any atom is -0.315 e. The number of rotatable bonds is 9. The summed E-state index contributed by atoms with van der Waals surface area (Å²) >= 11 is 0. The zero-order chi connectivity index (χ0) is 13.3. The molecule has 17 heavy (non-hydrogen) atoms. The van der Waals surface area contributed by atoms with Crippen LogP contribution in [0.2, 0.25) is 0 Å². The molecule has 0 aliphatic heterocycles. The van der Waals surface area contributed by atoms with Gasteiger partial charge in [0.15, 0.2) is 0 Å². The first-order valence-electron chi connectivity index (χ1n) is 6.71. The topological polar surface area (TPSA) is 39.1 Å². The second-order valence-electron chi connectivity index (χ2n) is 5.78. The van der Waals surface area contributed by atoms with E-state index in [4.69, 9.17) is 5.26 Å². The van der Waals surface area contributed by atoms with Gasteiger partial charge in [-0.1, -0.05) is 6.42 Å². The van der Waals surface area contributed by atoms with Crippen molar-refractivity contribution in [2.75, 3.05) is 26.7 Å². The van der Waals surface area contributed by atoms with Crippen LogP contribution in [0.15, 0.2) is 0 Å². The van der Waals surface area contributed by atoms with Crippen molar-refractivity contribution in [1.82, 2.24) is 10.2 Å². The fourth-order valence-electron chi connectivity index (χ4n) is 1.51. The maximum Gasteiger partial charge on any atom is 0.0683 e. The summed E-state index contributed by atoms with van der Waals surface area (Å²) in [4.78, 5) is 2.34. The van der Waals surface area contributed by atoms with Crippen LogP contribution in [0.4, 0.5) is 0 Å². The fraction of sp³-hybridized carbons (Fsp3) is 0.929. The number of hydrogen-bond acceptors (Lipinski definition) is 3. The summed E-state index contributed by atoms with van der Waals surface area (Å²) in [5, 5.41) is 12.3. The Morgan fingerprint density at radius 3 is 2.41 bits per heavy atom. The molecule has 0 heterocycles. The zero-order valence-corrected chi connectivity index (χ0v) is 12.2. The maximum atomic E-state index is 8.88. The molecule has 0 unspecified atom stereocenters.